The maximum atomic E-state index is 12.5. The Morgan fingerprint density at radius 1 is 1.11 bits per heavy atom. The minimum Gasteiger partial charge on any atom is -0.355 e. The molecule has 1 fully saturated rings. The normalized spacial score (nSPS) is 17.4. The largest absolute Gasteiger partial charge is 0.355 e. The van der Waals surface area contributed by atoms with Crippen molar-refractivity contribution in [3.63, 3.8) is 0 Å². The van der Waals surface area contributed by atoms with Crippen molar-refractivity contribution < 1.29 is 4.21 Å². The zero-order valence-corrected chi connectivity index (χ0v) is 18.1. The lowest BCUT2D eigenvalue weighted by molar-refractivity contribution is 0.572. The molecule has 1 aromatic heterocycles. The van der Waals surface area contributed by atoms with Crippen molar-refractivity contribution in [2.24, 2.45) is 4.40 Å². The number of anilines is 1. The number of aromatic nitrogens is 2. The zero-order chi connectivity index (χ0) is 19.8. The van der Waals surface area contributed by atoms with Gasteiger partial charge in [0, 0.05) is 18.7 Å². The molecule has 0 amide bonds. The molecule has 0 bridgehead atoms. The van der Waals surface area contributed by atoms with Gasteiger partial charge in [-0.3, -0.25) is 0 Å². The smallest absolute Gasteiger partial charge is 0.150 e. The van der Waals surface area contributed by atoms with E-state index in [1.807, 2.05) is 41.5 Å². The molecule has 2 aromatic rings. The Morgan fingerprint density at radius 2 is 1.78 bits per heavy atom. The molecule has 5 nitrogen and oxygen atoms in total. The van der Waals surface area contributed by atoms with Crippen LogP contribution in [0, 0.1) is 13.8 Å². The first-order chi connectivity index (χ1) is 12.7. The number of hydrogen-bond acceptors (Lipinski definition) is 4. The predicted octanol–water partition coefficient (Wildman–Crippen LogP) is 4.51. The molecule has 2 heterocycles. The standard InChI is InChI=1S/C21H30N4OS/c1-14-12-17(15(2)24-27(26)21(4,5)6)19-18(13-14)22-16(3)20(23-19)25-10-8-7-9-11-25/h12-13H,7-11H2,1-6H3/t27-/m1/s1. The Kier molecular flexibility index (Phi) is 5.65. The van der Waals surface area contributed by atoms with Gasteiger partial charge >= 0.3 is 0 Å². The number of nitrogens with zero attached hydrogens (tertiary/aromatic N) is 4. The van der Waals surface area contributed by atoms with E-state index in [1.54, 1.807) is 0 Å². The topological polar surface area (TPSA) is 58.5 Å². The lowest BCUT2D eigenvalue weighted by atomic mass is 10.0. The van der Waals surface area contributed by atoms with Crippen LogP contribution in [0.5, 0.6) is 0 Å². The van der Waals surface area contributed by atoms with Crippen molar-refractivity contribution in [3.8, 4) is 0 Å². The Hall–Kier alpha value is -1.82. The summed E-state index contributed by atoms with van der Waals surface area (Å²) in [6.45, 7) is 13.9. The molecule has 0 aliphatic carbocycles. The second-order valence-corrected chi connectivity index (χ2v) is 10.3. The van der Waals surface area contributed by atoms with Gasteiger partial charge in [-0.05, 0) is 78.5 Å². The molecule has 1 aliphatic heterocycles. The van der Waals surface area contributed by atoms with Crippen LogP contribution in [0.2, 0.25) is 0 Å². The Morgan fingerprint density at radius 3 is 2.41 bits per heavy atom. The number of hydrogen-bond donors (Lipinski definition) is 0. The van der Waals surface area contributed by atoms with Gasteiger partial charge in [0.1, 0.15) is 16.5 Å². The first kappa shape index (κ1) is 19.9. The molecule has 0 N–H and O–H groups in total. The van der Waals surface area contributed by atoms with Crippen LogP contribution in [-0.4, -0.2) is 37.7 Å². The van der Waals surface area contributed by atoms with Crippen molar-refractivity contribution in [1.29, 1.82) is 0 Å². The maximum absolute atomic E-state index is 12.5. The van der Waals surface area contributed by atoms with E-state index in [0.29, 0.717) is 0 Å². The molecule has 0 unspecified atom stereocenters. The SMILES string of the molecule is CC(=N[S@](=O)C(C)(C)C)c1cc(C)cc2nc(C)c(N3CCCCC3)nc12. The molecule has 3 rings (SSSR count). The van der Waals surface area contributed by atoms with Crippen molar-refractivity contribution in [3.05, 3.63) is 29.0 Å². The van der Waals surface area contributed by atoms with E-state index in [1.165, 1.54) is 19.3 Å². The van der Waals surface area contributed by atoms with Gasteiger partial charge in [-0.25, -0.2) is 14.2 Å². The molecule has 1 aromatic carbocycles. The number of piperidine rings is 1. The van der Waals surface area contributed by atoms with Crippen LogP contribution in [-0.2, 0) is 11.0 Å². The number of fused-ring (bicyclic) bond motifs is 1. The Labute approximate surface area is 164 Å². The van der Waals surface area contributed by atoms with E-state index >= 15 is 0 Å². The second-order valence-electron chi connectivity index (χ2n) is 8.40. The van der Waals surface area contributed by atoms with Crippen LogP contribution in [0.4, 0.5) is 5.82 Å². The van der Waals surface area contributed by atoms with Gasteiger partial charge in [-0.2, -0.15) is 4.40 Å². The van der Waals surface area contributed by atoms with Gasteiger partial charge in [0.25, 0.3) is 0 Å². The van der Waals surface area contributed by atoms with E-state index in [4.69, 9.17) is 9.97 Å². The lowest BCUT2D eigenvalue weighted by Gasteiger charge is -2.29. The fourth-order valence-corrected chi connectivity index (χ4v) is 3.99. The number of aryl methyl sites for hydroxylation is 2. The second kappa shape index (κ2) is 7.66. The van der Waals surface area contributed by atoms with E-state index in [9.17, 15) is 4.21 Å². The number of rotatable bonds is 3. The predicted molar refractivity (Wildman–Crippen MR) is 115 cm³/mol. The minimum atomic E-state index is -1.30. The van der Waals surface area contributed by atoms with E-state index in [-0.39, 0.29) is 4.75 Å². The third-order valence-electron chi connectivity index (χ3n) is 4.85. The highest BCUT2D eigenvalue weighted by atomic mass is 32.2. The summed E-state index contributed by atoms with van der Waals surface area (Å²) in [5.74, 6) is 0.969. The molecular weight excluding hydrogens is 356 g/mol. The monoisotopic (exact) mass is 386 g/mol. The molecule has 0 spiro atoms. The molecule has 0 radical (unpaired) electrons. The van der Waals surface area contributed by atoms with Gasteiger partial charge in [-0.1, -0.05) is 0 Å². The average molecular weight is 387 g/mol. The first-order valence-corrected chi connectivity index (χ1v) is 10.8. The van der Waals surface area contributed by atoms with Gasteiger partial charge in [-0.15, -0.1) is 0 Å². The highest BCUT2D eigenvalue weighted by Crippen LogP contribution is 2.27. The van der Waals surface area contributed by atoms with E-state index in [2.05, 4.69) is 21.4 Å². The fraction of sp³-hybridized carbons (Fsp3) is 0.571. The summed E-state index contributed by atoms with van der Waals surface area (Å²) in [7, 11) is -1.30. The highest BCUT2D eigenvalue weighted by Gasteiger charge is 2.21. The Balaban J connectivity index is 2.14. The summed E-state index contributed by atoms with van der Waals surface area (Å²) >= 11 is 0. The van der Waals surface area contributed by atoms with Crippen LogP contribution in [0.3, 0.4) is 0 Å². The molecule has 1 saturated heterocycles. The zero-order valence-electron chi connectivity index (χ0n) is 17.3. The highest BCUT2D eigenvalue weighted by molar-refractivity contribution is 7.85. The van der Waals surface area contributed by atoms with Gasteiger partial charge in [0.2, 0.25) is 0 Å². The van der Waals surface area contributed by atoms with Crippen LogP contribution < -0.4 is 4.90 Å². The maximum Gasteiger partial charge on any atom is 0.150 e. The lowest BCUT2D eigenvalue weighted by Crippen LogP contribution is -2.31. The molecule has 146 valence electrons. The van der Waals surface area contributed by atoms with Crippen LogP contribution >= 0.6 is 0 Å². The summed E-state index contributed by atoms with van der Waals surface area (Å²) in [5.41, 5.74) is 5.47. The molecule has 1 atom stereocenters. The average Bonchev–Trinajstić information content (AvgIpc) is 2.60. The molecular formula is C21H30N4OS. The summed E-state index contributed by atoms with van der Waals surface area (Å²) in [6, 6.07) is 4.14. The summed E-state index contributed by atoms with van der Waals surface area (Å²) in [5, 5.41) is 0. The first-order valence-electron chi connectivity index (χ1n) is 9.68. The molecule has 0 saturated carbocycles. The van der Waals surface area contributed by atoms with Crippen molar-refractivity contribution in [2.75, 3.05) is 18.0 Å². The van der Waals surface area contributed by atoms with Gasteiger partial charge in [0.15, 0.2) is 5.82 Å². The molecule has 1 aliphatic rings. The van der Waals surface area contributed by atoms with E-state index in [0.717, 1.165) is 52.5 Å². The van der Waals surface area contributed by atoms with Crippen molar-refractivity contribution in [2.45, 2.75) is 65.6 Å². The minimum absolute atomic E-state index is 0.387. The summed E-state index contributed by atoms with van der Waals surface area (Å²) in [4.78, 5) is 12.2. The Bertz CT molecular complexity index is 909. The van der Waals surface area contributed by atoms with Crippen LogP contribution in [0.1, 0.15) is 63.8 Å². The summed E-state index contributed by atoms with van der Waals surface area (Å²) < 4.78 is 16.6. The van der Waals surface area contributed by atoms with Gasteiger partial charge < -0.3 is 4.90 Å². The van der Waals surface area contributed by atoms with Crippen molar-refractivity contribution >= 4 is 33.5 Å². The van der Waals surface area contributed by atoms with Crippen LogP contribution in [0.25, 0.3) is 11.0 Å². The fourth-order valence-electron chi connectivity index (χ4n) is 3.37. The van der Waals surface area contributed by atoms with Crippen LogP contribution in [0.15, 0.2) is 16.5 Å². The molecule has 27 heavy (non-hydrogen) atoms. The summed E-state index contributed by atoms with van der Waals surface area (Å²) in [6.07, 6.45) is 3.68. The van der Waals surface area contributed by atoms with Crippen molar-refractivity contribution in [1.82, 2.24) is 9.97 Å². The molecule has 6 heteroatoms. The van der Waals surface area contributed by atoms with E-state index < -0.39 is 11.0 Å². The third kappa shape index (κ3) is 4.37. The van der Waals surface area contributed by atoms with Gasteiger partial charge in [0.05, 0.1) is 21.7 Å². The third-order valence-corrected chi connectivity index (χ3v) is 6.34. The number of benzene rings is 1. The quantitative estimate of drug-likeness (QED) is 0.728.